The standard InChI is InChI=1S/C18H29N3O3/c1-5-7-12-21(6-2)18(23)14-20(3)13-17(22)19-15-8-10-16(24-4)11-9-15/h8-11H,5-7,12-14H2,1-4H3,(H,19,22). The van der Waals surface area contributed by atoms with Crippen molar-refractivity contribution in [2.75, 3.05) is 45.7 Å². The number of amides is 2. The summed E-state index contributed by atoms with van der Waals surface area (Å²) in [5, 5.41) is 2.81. The van der Waals surface area contributed by atoms with Crippen LogP contribution in [0.2, 0.25) is 0 Å². The molecule has 0 aliphatic heterocycles. The molecule has 24 heavy (non-hydrogen) atoms. The van der Waals surface area contributed by atoms with Crippen LogP contribution in [0.3, 0.4) is 0 Å². The summed E-state index contributed by atoms with van der Waals surface area (Å²) in [5.41, 5.74) is 0.707. The number of methoxy groups -OCH3 is 1. The fourth-order valence-electron chi connectivity index (χ4n) is 2.31. The molecule has 0 saturated carbocycles. The minimum atomic E-state index is -0.146. The molecule has 2 amide bonds. The van der Waals surface area contributed by atoms with Crippen molar-refractivity contribution >= 4 is 17.5 Å². The van der Waals surface area contributed by atoms with Crippen LogP contribution in [0.5, 0.6) is 5.75 Å². The van der Waals surface area contributed by atoms with E-state index in [1.807, 2.05) is 11.8 Å². The molecule has 1 aromatic carbocycles. The molecule has 6 heteroatoms. The van der Waals surface area contributed by atoms with Gasteiger partial charge >= 0.3 is 0 Å². The zero-order chi connectivity index (χ0) is 17.9. The SMILES string of the molecule is CCCCN(CC)C(=O)CN(C)CC(=O)Nc1ccc(OC)cc1. The summed E-state index contributed by atoms with van der Waals surface area (Å²) in [6.45, 7) is 5.97. The molecule has 134 valence electrons. The molecule has 1 N–H and O–H groups in total. The molecular formula is C18H29N3O3. The van der Waals surface area contributed by atoms with E-state index in [0.29, 0.717) is 12.2 Å². The molecule has 0 atom stereocenters. The highest BCUT2D eigenvalue weighted by molar-refractivity contribution is 5.92. The molecule has 0 fully saturated rings. The van der Waals surface area contributed by atoms with Crippen molar-refractivity contribution in [2.45, 2.75) is 26.7 Å². The number of carbonyl (C=O) groups is 2. The van der Waals surface area contributed by atoms with Crippen LogP contribution in [0.1, 0.15) is 26.7 Å². The highest BCUT2D eigenvalue weighted by Gasteiger charge is 2.15. The number of hydrogen-bond acceptors (Lipinski definition) is 4. The normalized spacial score (nSPS) is 10.5. The molecule has 0 aliphatic carbocycles. The van der Waals surface area contributed by atoms with Crippen LogP contribution in [0, 0.1) is 0 Å². The van der Waals surface area contributed by atoms with Crippen molar-refractivity contribution in [3.05, 3.63) is 24.3 Å². The minimum absolute atomic E-state index is 0.0608. The van der Waals surface area contributed by atoms with E-state index in [1.54, 1.807) is 43.3 Å². The highest BCUT2D eigenvalue weighted by Crippen LogP contribution is 2.14. The number of nitrogens with one attached hydrogen (secondary N) is 1. The van der Waals surface area contributed by atoms with Crippen molar-refractivity contribution in [1.82, 2.24) is 9.80 Å². The maximum Gasteiger partial charge on any atom is 0.238 e. The van der Waals surface area contributed by atoms with Crippen molar-refractivity contribution in [3.63, 3.8) is 0 Å². The van der Waals surface area contributed by atoms with Crippen LogP contribution < -0.4 is 10.1 Å². The summed E-state index contributed by atoms with van der Waals surface area (Å²) in [6, 6.07) is 7.14. The monoisotopic (exact) mass is 335 g/mol. The van der Waals surface area contributed by atoms with Crippen LogP contribution in [0.15, 0.2) is 24.3 Å². The first kappa shape index (κ1) is 20.0. The van der Waals surface area contributed by atoms with Crippen LogP contribution in [0.25, 0.3) is 0 Å². The van der Waals surface area contributed by atoms with Gasteiger partial charge in [-0.15, -0.1) is 0 Å². The Labute approximate surface area is 144 Å². The first-order valence-electron chi connectivity index (χ1n) is 8.40. The van der Waals surface area contributed by atoms with E-state index in [2.05, 4.69) is 12.2 Å². The smallest absolute Gasteiger partial charge is 0.238 e. The maximum absolute atomic E-state index is 12.2. The molecule has 0 bridgehead atoms. The van der Waals surface area contributed by atoms with Crippen LogP contribution in [-0.4, -0.2) is 62.0 Å². The Morgan fingerprint density at radius 3 is 2.33 bits per heavy atom. The molecule has 1 rings (SSSR count). The van der Waals surface area contributed by atoms with Gasteiger partial charge in [0.05, 0.1) is 20.2 Å². The third-order valence-electron chi connectivity index (χ3n) is 3.71. The number of unbranched alkanes of at least 4 members (excludes halogenated alkanes) is 1. The van der Waals surface area contributed by atoms with Gasteiger partial charge in [0.15, 0.2) is 0 Å². The lowest BCUT2D eigenvalue weighted by Gasteiger charge is -2.24. The molecular weight excluding hydrogens is 306 g/mol. The molecule has 0 radical (unpaired) electrons. The average Bonchev–Trinajstić information content (AvgIpc) is 2.55. The Morgan fingerprint density at radius 1 is 1.12 bits per heavy atom. The minimum Gasteiger partial charge on any atom is -0.497 e. The first-order valence-corrected chi connectivity index (χ1v) is 8.40. The quantitative estimate of drug-likeness (QED) is 0.712. The van der Waals surface area contributed by atoms with E-state index in [1.165, 1.54) is 0 Å². The van der Waals surface area contributed by atoms with Gasteiger partial charge in [-0.2, -0.15) is 0 Å². The Bertz CT molecular complexity index is 517. The molecule has 0 aromatic heterocycles. The van der Waals surface area contributed by atoms with Crippen molar-refractivity contribution in [3.8, 4) is 5.75 Å². The Morgan fingerprint density at radius 2 is 1.79 bits per heavy atom. The van der Waals surface area contributed by atoms with Gasteiger partial charge in [-0.1, -0.05) is 13.3 Å². The molecule has 0 aliphatic rings. The van der Waals surface area contributed by atoms with Crippen LogP contribution >= 0.6 is 0 Å². The summed E-state index contributed by atoms with van der Waals surface area (Å²) >= 11 is 0. The lowest BCUT2D eigenvalue weighted by atomic mass is 10.3. The summed E-state index contributed by atoms with van der Waals surface area (Å²) in [4.78, 5) is 27.9. The Hall–Kier alpha value is -2.08. The number of nitrogens with zero attached hydrogens (tertiary/aromatic N) is 2. The predicted octanol–water partition coefficient (Wildman–Crippen LogP) is 2.21. The Kier molecular flexibility index (Phi) is 8.86. The molecule has 0 spiro atoms. The molecule has 0 unspecified atom stereocenters. The number of likely N-dealkylation sites (N-methyl/N-ethyl adjacent to an activating group) is 2. The largest absolute Gasteiger partial charge is 0.497 e. The molecule has 0 saturated heterocycles. The zero-order valence-electron chi connectivity index (χ0n) is 15.2. The second-order valence-electron chi connectivity index (χ2n) is 5.78. The fraction of sp³-hybridized carbons (Fsp3) is 0.556. The van der Waals surface area contributed by atoms with Gasteiger partial charge in [0, 0.05) is 18.8 Å². The van der Waals surface area contributed by atoms with E-state index in [-0.39, 0.29) is 24.9 Å². The topological polar surface area (TPSA) is 61.9 Å². The average molecular weight is 335 g/mol. The molecule has 6 nitrogen and oxygen atoms in total. The van der Waals surface area contributed by atoms with E-state index in [0.717, 1.165) is 25.1 Å². The maximum atomic E-state index is 12.2. The van der Waals surface area contributed by atoms with Crippen molar-refractivity contribution in [1.29, 1.82) is 0 Å². The number of ether oxygens (including phenoxy) is 1. The van der Waals surface area contributed by atoms with E-state index < -0.39 is 0 Å². The third kappa shape index (κ3) is 7.00. The number of benzene rings is 1. The first-order chi connectivity index (χ1) is 11.5. The van der Waals surface area contributed by atoms with Crippen molar-refractivity contribution in [2.24, 2.45) is 0 Å². The van der Waals surface area contributed by atoms with Gasteiger partial charge in [-0.05, 0) is 44.7 Å². The molecule has 1 aromatic rings. The highest BCUT2D eigenvalue weighted by atomic mass is 16.5. The van der Waals surface area contributed by atoms with Gasteiger partial charge in [-0.25, -0.2) is 0 Å². The predicted molar refractivity (Wildman–Crippen MR) is 96.3 cm³/mol. The number of anilines is 1. The second-order valence-corrected chi connectivity index (χ2v) is 5.78. The summed E-state index contributed by atoms with van der Waals surface area (Å²) in [7, 11) is 3.37. The van der Waals surface area contributed by atoms with E-state index in [9.17, 15) is 9.59 Å². The molecule has 0 heterocycles. The number of carbonyl (C=O) groups excluding carboxylic acids is 2. The summed E-state index contributed by atoms with van der Waals surface area (Å²) in [5.74, 6) is 0.653. The second kappa shape index (κ2) is 10.6. The van der Waals surface area contributed by atoms with E-state index >= 15 is 0 Å². The van der Waals surface area contributed by atoms with Crippen LogP contribution in [-0.2, 0) is 9.59 Å². The van der Waals surface area contributed by atoms with Gasteiger partial charge < -0.3 is 15.0 Å². The van der Waals surface area contributed by atoms with Gasteiger partial charge in [0.2, 0.25) is 11.8 Å². The fourth-order valence-corrected chi connectivity index (χ4v) is 2.31. The Balaban J connectivity index is 2.43. The van der Waals surface area contributed by atoms with Gasteiger partial charge in [-0.3, -0.25) is 14.5 Å². The van der Waals surface area contributed by atoms with Crippen LogP contribution in [0.4, 0.5) is 5.69 Å². The zero-order valence-corrected chi connectivity index (χ0v) is 15.2. The van der Waals surface area contributed by atoms with Gasteiger partial charge in [0.25, 0.3) is 0 Å². The lowest BCUT2D eigenvalue weighted by Crippen LogP contribution is -2.41. The summed E-state index contributed by atoms with van der Waals surface area (Å²) < 4.78 is 5.08. The number of rotatable bonds is 10. The van der Waals surface area contributed by atoms with E-state index in [4.69, 9.17) is 4.74 Å². The lowest BCUT2D eigenvalue weighted by molar-refractivity contribution is -0.132. The number of hydrogen-bond donors (Lipinski definition) is 1. The third-order valence-corrected chi connectivity index (χ3v) is 3.71. The van der Waals surface area contributed by atoms with Gasteiger partial charge in [0.1, 0.15) is 5.75 Å². The van der Waals surface area contributed by atoms with Crippen molar-refractivity contribution < 1.29 is 14.3 Å². The summed E-state index contributed by atoms with van der Waals surface area (Å²) in [6.07, 6.45) is 2.06.